The molecule has 0 aliphatic heterocycles. The Balaban J connectivity index is 1.76. The van der Waals surface area contributed by atoms with E-state index in [-0.39, 0.29) is 6.04 Å². The van der Waals surface area contributed by atoms with Crippen LogP contribution in [0.2, 0.25) is 0 Å². The molecule has 0 radical (unpaired) electrons. The van der Waals surface area contributed by atoms with Gasteiger partial charge >= 0.3 is 0 Å². The molecule has 3 rings (SSSR count). The lowest BCUT2D eigenvalue weighted by molar-refractivity contribution is 0.295. The highest BCUT2D eigenvalue weighted by atomic mass is 16.5. The van der Waals surface area contributed by atoms with Crippen molar-refractivity contribution in [1.29, 1.82) is 0 Å². The van der Waals surface area contributed by atoms with Crippen LogP contribution in [-0.2, 0) is 13.0 Å². The molecule has 104 valence electrons. The zero-order chi connectivity index (χ0) is 13.9. The largest absolute Gasteiger partial charge is 0.487 e. The summed E-state index contributed by atoms with van der Waals surface area (Å²) in [5, 5.41) is 0. The summed E-state index contributed by atoms with van der Waals surface area (Å²) in [6, 6.07) is 11.9. The summed E-state index contributed by atoms with van der Waals surface area (Å²) in [5.74, 6) is 1.52. The first kappa shape index (κ1) is 12.9. The van der Waals surface area contributed by atoms with Gasteiger partial charge in [0.1, 0.15) is 12.4 Å². The number of methoxy groups -OCH3 is 1. The van der Waals surface area contributed by atoms with E-state index >= 15 is 0 Å². The van der Waals surface area contributed by atoms with Gasteiger partial charge in [0.05, 0.1) is 12.8 Å². The maximum absolute atomic E-state index is 6.08. The van der Waals surface area contributed by atoms with Crippen molar-refractivity contribution in [3.05, 3.63) is 53.2 Å². The van der Waals surface area contributed by atoms with Crippen molar-refractivity contribution in [2.45, 2.75) is 25.5 Å². The number of aromatic nitrogens is 1. The predicted octanol–water partition coefficient (Wildman–Crippen LogP) is 2.62. The van der Waals surface area contributed by atoms with Crippen LogP contribution in [0.25, 0.3) is 0 Å². The van der Waals surface area contributed by atoms with E-state index in [0.717, 1.165) is 24.3 Å². The Kier molecular flexibility index (Phi) is 3.56. The standard InChI is InChI=1S/C16H18N2O2/c1-19-16-7-2-4-11(18-16)10-20-15-6-3-5-12-13(15)8-9-14(12)17/h2-7,14H,8-10,17H2,1H3. The van der Waals surface area contributed by atoms with E-state index in [2.05, 4.69) is 11.1 Å². The molecule has 0 saturated carbocycles. The van der Waals surface area contributed by atoms with E-state index in [9.17, 15) is 0 Å². The number of ether oxygens (including phenoxy) is 2. The van der Waals surface area contributed by atoms with Gasteiger partial charge in [-0.15, -0.1) is 0 Å². The van der Waals surface area contributed by atoms with E-state index in [0.29, 0.717) is 12.5 Å². The molecule has 1 unspecified atom stereocenters. The predicted molar refractivity (Wildman–Crippen MR) is 76.8 cm³/mol. The Morgan fingerprint density at radius 2 is 2.10 bits per heavy atom. The van der Waals surface area contributed by atoms with Gasteiger partial charge < -0.3 is 15.2 Å². The maximum Gasteiger partial charge on any atom is 0.213 e. The lowest BCUT2D eigenvalue weighted by Gasteiger charge is -2.11. The molecule has 1 aromatic carbocycles. The van der Waals surface area contributed by atoms with E-state index in [4.69, 9.17) is 15.2 Å². The van der Waals surface area contributed by atoms with E-state index in [1.807, 2.05) is 30.3 Å². The number of hydrogen-bond donors (Lipinski definition) is 1. The van der Waals surface area contributed by atoms with Crippen molar-refractivity contribution >= 4 is 0 Å². The Labute approximate surface area is 118 Å². The van der Waals surface area contributed by atoms with E-state index in [1.165, 1.54) is 11.1 Å². The van der Waals surface area contributed by atoms with E-state index < -0.39 is 0 Å². The van der Waals surface area contributed by atoms with Crippen LogP contribution in [0.5, 0.6) is 11.6 Å². The normalized spacial score (nSPS) is 16.8. The third-order valence-electron chi connectivity index (χ3n) is 3.64. The first-order valence-corrected chi connectivity index (χ1v) is 6.78. The fourth-order valence-electron chi connectivity index (χ4n) is 2.59. The fourth-order valence-corrected chi connectivity index (χ4v) is 2.59. The number of rotatable bonds is 4. The van der Waals surface area contributed by atoms with Crippen LogP contribution >= 0.6 is 0 Å². The second-order valence-corrected chi connectivity index (χ2v) is 4.93. The van der Waals surface area contributed by atoms with Crippen molar-refractivity contribution < 1.29 is 9.47 Å². The molecule has 0 spiro atoms. The molecule has 4 nitrogen and oxygen atoms in total. The number of nitrogens with zero attached hydrogens (tertiary/aromatic N) is 1. The van der Waals surface area contributed by atoms with Gasteiger partial charge in [-0.2, -0.15) is 0 Å². The smallest absolute Gasteiger partial charge is 0.213 e. The number of fused-ring (bicyclic) bond motifs is 1. The molecule has 1 aromatic heterocycles. The lowest BCUT2D eigenvalue weighted by atomic mass is 10.1. The van der Waals surface area contributed by atoms with Gasteiger partial charge in [-0.1, -0.05) is 18.2 Å². The second-order valence-electron chi connectivity index (χ2n) is 4.93. The molecule has 0 saturated heterocycles. The van der Waals surface area contributed by atoms with Gasteiger partial charge in [0.2, 0.25) is 5.88 Å². The lowest BCUT2D eigenvalue weighted by Crippen LogP contribution is -2.05. The van der Waals surface area contributed by atoms with Crippen molar-refractivity contribution in [2.24, 2.45) is 5.73 Å². The number of nitrogens with two attached hydrogens (primary N) is 1. The van der Waals surface area contributed by atoms with Gasteiger partial charge in [-0.25, -0.2) is 4.98 Å². The Hall–Kier alpha value is -2.07. The third kappa shape index (κ3) is 2.47. The zero-order valence-corrected chi connectivity index (χ0v) is 11.5. The van der Waals surface area contributed by atoms with Crippen LogP contribution in [0.3, 0.4) is 0 Å². The summed E-state index contributed by atoms with van der Waals surface area (Å²) in [6.07, 6.45) is 1.98. The highest BCUT2D eigenvalue weighted by Crippen LogP contribution is 2.35. The molecule has 1 aliphatic carbocycles. The van der Waals surface area contributed by atoms with Crippen LogP contribution in [-0.4, -0.2) is 12.1 Å². The van der Waals surface area contributed by atoms with E-state index in [1.54, 1.807) is 7.11 Å². The molecule has 20 heavy (non-hydrogen) atoms. The number of pyridine rings is 1. The van der Waals surface area contributed by atoms with Crippen LogP contribution in [0.4, 0.5) is 0 Å². The first-order chi connectivity index (χ1) is 9.78. The molecule has 1 aliphatic rings. The highest BCUT2D eigenvalue weighted by molar-refractivity contribution is 5.45. The van der Waals surface area contributed by atoms with Crippen LogP contribution < -0.4 is 15.2 Å². The molecular formula is C16H18N2O2. The average molecular weight is 270 g/mol. The van der Waals surface area contributed by atoms with Crippen molar-refractivity contribution in [3.63, 3.8) is 0 Å². The molecule has 1 heterocycles. The number of benzene rings is 1. The summed E-state index contributed by atoms with van der Waals surface area (Å²) in [5.41, 5.74) is 9.38. The molecule has 2 N–H and O–H groups in total. The third-order valence-corrected chi connectivity index (χ3v) is 3.64. The molecule has 1 atom stereocenters. The topological polar surface area (TPSA) is 57.4 Å². The number of hydrogen-bond acceptors (Lipinski definition) is 4. The maximum atomic E-state index is 6.08. The van der Waals surface area contributed by atoms with Gasteiger partial charge in [-0.05, 0) is 36.1 Å². The highest BCUT2D eigenvalue weighted by Gasteiger charge is 2.22. The van der Waals surface area contributed by atoms with Gasteiger partial charge in [-0.3, -0.25) is 0 Å². The molecular weight excluding hydrogens is 252 g/mol. The summed E-state index contributed by atoms with van der Waals surface area (Å²) in [4.78, 5) is 4.34. The minimum absolute atomic E-state index is 0.142. The zero-order valence-electron chi connectivity index (χ0n) is 11.5. The Bertz CT molecular complexity index is 613. The minimum atomic E-state index is 0.142. The average Bonchev–Trinajstić information content (AvgIpc) is 2.88. The minimum Gasteiger partial charge on any atom is -0.487 e. The van der Waals surface area contributed by atoms with Crippen molar-refractivity contribution in [1.82, 2.24) is 4.98 Å². The van der Waals surface area contributed by atoms with Crippen LogP contribution in [0, 0.1) is 0 Å². The summed E-state index contributed by atoms with van der Waals surface area (Å²) >= 11 is 0. The van der Waals surface area contributed by atoms with Crippen LogP contribution in [0.1, 0.15) is 29.3 Å². The summed E-state index contributed by atoms with van der Waals surface area (Å²) in [6.45, 7) is 0.433. The molecule has 0 fully saturated rings. The SMILES string of the molecule is COc1cccc(COc2cccc3c2CCC3N)n1. The van der Waals surface area contributed by atoms with Crippen molar-refractivity contribution in [3.8, 4) is 11.6 Å². The van der Waals surface area contributed by atoms with Gasteiger partial charge in [0, 0.05) is 12.1 Å². The molecule has 0 bridgehead atoms. The molecule has 2 aromatic rings. The summed E-state index contributed by atoms with van der Waals surface area (Å²) in [7, 11) is 1.61. The monoisotopic (exact) mass is 270 g/mol. The van der Waals surface area contributed by atoms with Gasteiger partial charge in [0.15, 0.2) is 0 Å². The molecule has 0 amide bonds. The first-order valence-electron chi connectivity index (χ1n) is 6.78. The molecule has 4 heteroatoms. The second kappa shape index (κ2) is 5.51. The van der Waals surface area contributed by atoms with Gasteiger partial charge in [0.25, 0.3) is 0 Å². The van der Waals surface area contributed by atoms with Crippen molar-refractivity contribution in [2.75, 3.05) is 7.11 Å². The quantitative estimate of drug-likeness (QED) is 0.927. The Morgan fingerprint density at radius 1 is 1.25 bits per heavy atom. The Morgan fingerprint density at radius 3 is 2.95 bits per heavy atom. The van der Waals surface area contributed by atoms with Crippen LogP contribution in [0.15, 0.2) is 36.4 Å². The summed E-state index contributed by atoms with van der Waals surface area (Å²) < 4.78 is 11.0. The fraction of sp³-hybridized carbons (Fsp3) is 0.312.